The van der Waals surface area contributed by atoms with Crippen LogP contribution in [0.2, 0.25) is 0 Å². The molecular formula is C21H30N4O2S. The van der Waals surface area contributed by atoms with E-state index in [4.69, 9.17) is 0 Å². The number of hydrogen-bond acceptors (Lipinski definition) is 3. The van der Waals surface area contributed by atoms with Gasteiger partial charge in [0.25, 0.3) is 0 Å². The Balaban J connectivity index is 2.10. The summed E-state index contributed by atoms with van der Waals surface area (Å²) in [6.45, 7) is 8.23. The summed E-state index contributed by atoms with van der Waals surface area (Å²) in [5, 5.41) is 6.64. The van der Waals surface area contributed by atoms with Gasteiger partial charge >= 0.3 is 0 Å². The molecule has 28 heavy (non-hydrogen) atoms. The van der Waals surface area contributed by atoms with E-state index in [0.717, 1.165) is 18.7 Å². The molecule has 0 bridgehead atoms. The topological polar surface area (TPSA) is 82.6 Å². The average Bonchev–Trinajstić information content (AvgIpc) is 2.71. The first-order valence-corrected chi connectivity index (χ1v) is 10.9. The van der Waals surface area contributed by atoms with Gasteiger partial charge in [-0.1, -0.05) is 56.3 Å². The Morgan fingerprint density at radius 3 is 2.39 bits per heavy atom. The van der Waals surface area contributed by atoms with Gasteiger partial charge in [0.15, 0.2) is 5.96 Å². The molecule has 0 atom stereocenters. The lowest BCUT2D eigenvalue weighted by atomic mass is 9.85. The van der Waals surface area contributed by atoms with Gasteiger partial charge in [0, 0.05) is 18.5 Å². The predicted molar refractivity (Wildman–Crippen MR) is 115 cm³/mol. The standard InChI is InChI=1S/C21H30N4O2S/c1-5-23-20(25-16-21(2,3)18-11-7-6-8-12-18)24-15-17-10-9-13-19(14-17)28(26,27)22-4/h6-14,22H,5,15-16H2,1-4H3,(H2,23,24,25). The second-order valence-electron chi connectivity index (χ2n) is 7.15. The van der Waals surface area contributed by atoms with Crippen molar-refractivity contribution < 1.29 is 8.42 Å². The first kappa shape index (κ1) is 21.9. The molecule has 0 fully saturated rings. The number of sulfonamides is 1. The number of guanidine groups is 1. The Bertz CT molecular complexity index is 894. The fourth-order valence-corrected chi connectivity index (χ4v) is 3.54. The van der Waals surface area contributed by atoms with Crippen molar-refractivity contribution in [2.45, 2.75) is 37.6 Å². The van der Waals surface area contributed by atoms with Crippen LogP contribution < -0.4 is 15.4 Å². The molecule has 152 valence electrons. The summed E-state index contributed by atoms with van der Waals surface area (Å²) in [7, 11) is -2.05. The van der Waals surface area contributed by atoms with Gasteiger partial charge < -0.3 is 10.6 Å². The van der Waals surface area contributed by atoms with E-state index >= 15 is 0 Å². The molecule has 2 rings (SSSR count). The molecule has 6 nitrogen and oxygen atoms in total. The van der Waals surface area contributed by atoms with Crippen molar-refractivity contribution in [1.29, 1.82) is 0 Å². The monoisotopic (exact) mass is 402 g/mol. The highest BCUT2D eigenvalue weighted by Crippen LogP contribution is 2.21. The van der Waals surface area contributed by atoms with Crippen LogP contribution >= 0.6 is 0 Å². The van der Waals surface area contributed by atoms with E-state index in [9.17, 15) is 8.42 Å². The van der Waals surface area contributed by atoms with Gasteiger partial charge in [-0.05, 0) is 37.2 Å². The van der Waals surface area contributed by atoms with E-state index in [1.54, 1.807) is 18.2 Å². The lowest BCUT2D eigenvalue weighted by Crippen LogP contribution is -2.43. The van der Waals surface area contributed by atoms with Gasteiger partial charge in [-0.3, -0.25) is 0 Å². The summed E-state index contributed by atoms with van der Waals surface area (Å²) >= 11 is 0. The fourth-order valence-electron chi connectivity index (χ4n) is 2.74. The van der Waals surface area contributed by atoms with E-state index in [1.165, 1.54) is 12.6 Å². The smallest absolute Gasteiger partial charge is 0.240 e. The molecule has 0 aliphatic carbocycles. The van der Waals surface area contributed by atoms with E-state index in [1.807, 2.05) is 31.2 Å². The lowest BCUT2D eigenvalue weighted by Gasteiger charge is -2.26. The highest BCUT2D eigenvalue weighted by molar-refractivity contribution is 7.89. The SMILES string of the molecule is CCNC(=NCc1cccc(S(=O)(=O)NC)c1)NCC(C)(C)c1ccccc1. The van der Waals surface area contributed by atoms with Crippen molar-refractivity contribution in [1.82, 2.24) is 15.4 Å². The minimum atomic E-state index is -3.46. The van der Waals surface area contributed by atoms with Crippen LogP contribution in [0.4, 0.5) is 0 Å². The first-order chi connectivity index (χ1) is 13.3. The number of nitrogens with one attached hydrogen (secondary N) is 3. The van der Waals surface area contributed by atoms with Gasteiger partial charge in [-0.25, -0.2) is 18.1 Å². The number of aliphatic imine (C=N–C) groups is 1. The molecule has 2 aromatic rings. The summed E-state index contributed by atoms with van der Waals surface area (Å²) in [6, 6.07) is 17.2. The van der Waals surface area contributed by atoms with Crippen LogP contribution in [0.3, 0.4) is 0 Å². The molecule has 7 heteroatoms. The summed E-state index contributed by atoms with van der Waals surface area (Å²) in [6.07, 6.45) is 0. The average molecular weight is 403 g/mol. The molecule has 0 spiro atoms. The highest BCUT2D eigenvalue weighted by Gasteiger charge is 2.20. The number of rotatable bonds is 8. The third kappa shape index (κ3) is 6.07. The highest BCUT2D eigenvalue weighted by atomic mass is 32.2. The summed E-state index contributed by atoms with van der Waals surface area (Å²) < 4.78 is 26.3. The van der Waals surface area contributed by atoms with Crippen LogP contribution in [0.15, 0.2) is 64.5 Å². The molecule has 0 saturated heterocycles. The molecule has 0 saturated carbocycles. The van der Waals surface area contributed by atoms with Gasteiger partial charge in [0.05, 0.1) is 11.4 Å². The van der Waals surface area contributed by atoms with Crippen molar-refractivity contribution in [3.63, 3.8) is 0 Å². The first-order valence-electron chi connectivity index (χ1n) is 9.38. The van der Waals surface area contributed by atoms with Crippen molar-refractivity contribution in [3.05, 3.63) is 65.7 Å². The van der Waals surface area contributed by atoms with Crippen LogP contribution in [0.1, 0.15) is 31.9 Å². The van der Waals surface area contributed by atoms with Gasteiger partial charge in [0.1, 0.15) is 0 Å². The van der Waals surface area contributed by atoms with Crippen LogP contribution in [-0.2, 0) is 22.0 Å². The van der Waals surface area contributed by atoms with Gasteiger partial charge in [-0.2, -0.15) is 0 Å². The van der Waals surface area contributed by atoms with Crippen molar-refractivity contribution >= 4 is 16.0 Å². The Kier molecular flexibility index (Phi) is 7.60. The van der Waals surface area contributed by atoms with Crippen LogP contribution in [-0.4, -0.2) is 34.5 Å². The van der Waals surface area contributed by atoms with Gasteiger partial charge in [-0.15, -0.1) is 0 Å². The zero-order chi connectivity index (χ0) is 20.6. The zero-order valence-electron chi connectivity index (χ0n) is 17.0. The summed E-state index contributed by atoms with van der Waals surface area (Å²) in [5.74, 6) is 0.702. The van der Waals surface area contributed by atoms with E-state index in [-0.39, 0.29) is 10.3 Å². The van der Waals surface area contributed by atoms with E-state index < -0.39 is 10.0 Å². The number of nitrogens with zero attached hydrogens (tertiary/aromatic N) is 1. The number of hydrogen-bond donors (Lipinski definition) is 3. The predicted octanol–water partition coefficient (Wildman–Crippen LogP) is 2.63. The maximum atomic E-state index is 12.0. The quantitative estimate of drug-likeness (QED) is 0.468. The van der Waals surface area contributed by atoms with E-state index in [2.05, 4.69) is 46.3 Å². The molecule has 0 aromatic heterocycles. The third-order valence-corrected chi connectivity index (χ3v) is 5.91. The van der Waals surface area contributed by atoms with Crippen LogP contribution in [0.5, 0.6) is 0 Å². The third-order valence-electron chi connectivity index (χ3n) is 4.49. The van der Waals surface area contributed by atoms with Crippen molar-refractivity contribution in [3.8, 4) is 0 Å². The molecular weight excluding hydrogens is 372 g/mol. The Morgan fingerprint density at radius 1 is 1.04 bits per heavy atom. The molecule has 3 N–H and O–H groups in total. The Morgan fingerprint density at radius 2 is 1.75 bits per heavy atom. The Hall–Kier alpha value is -2.38. The second kappa shape index (κ2) is 9.71. The molecule has 0 unspecified atom stereocenters. The molecule has 0 amide bonds. The fraction of sp³-hybridized carbons (Fsp3) is 0.381. The van der Waals surface area contributed by atoms with E-state index in [0.29, 0.717) is 12.5 Å². The minimum Gasteiger partial charge on any atom is -0.357 e. The lowest BCUT2D eigenvalue weighted by molar-refractivity contribution is 0.508. The minimum absolute atomic E-state index is 0.0573. The molecule has 0 heterocycles. The zero-order valence-corrected chi connectivity index (χ0v) is 17.8. The van der Waals surface area contributed by atoms with Gasteiger partial charge in [0.2, 0.25) is 10.0 Å². The molecule has 0 aliphatic rings. The largest absolute Gasteiger partial charge is 0.357 e. The maximum absolute atomic E-state index is 12.0. The van der Waals surface area contributed by atoms with Crippen molar-refractivity contribution in [2.75, 3.05) is 20.1 Å². The van der Waals surface area contributed by atoms with Crippen molar-refractivity contribution in [2.24, 2.45) is 4.99 Å². The maximum Gasteiger partial charge on any atom is 0.240 e. The normalized spacial score (nSPS) is 12.6. The second-order valence-corrected chi connectivity index (χ2v) is 9.04. The van der Waals surface area contributed by atoms with Crippen LogP contribution in [0, 0.1) is 0 Å². The summed E-state index contributed by atoms with van der Waals surface area (Å²) in [4.78, 5) is 4.85. The Labute approximate surface area is 168 Å². The number of benzene rings is 2. The van der Waals surface area contributed by atoms with Crippen LogP contribution in [0.25, 0.3) is 0 Å². The molecule has 2 aromatic carbocycles. The molecule has 0 radical (unpaired) electrons. The molecule has 0 aliphatic heterocycles. The summed E-state index contributed by atoms with van der Waals surface area (Å²) in [5.41, 5.74) is 2.03.